The third-order valence-electron chi connectivity index (χ3n) is 4.32. The van der Waals surface area contributed by atoms with Crippen LogP contribution in [0.15, 0.2) is 97.2 Å². The lowest BCUT2D eigenvalue weighted by Crippen LogP contribution is -2.09. The molecule has 0 bridgehead atoms. The van der Waals surface area contributed by atoms with E-state index in [1.165, 1.54) is 0 Å². The van der Waals surface area contributed by atoms with E-state index in [-0.39, 0.29) is 17.3 Å². The van der Waals surface area contributed by atoms with Crippen molar-refractivity contribution in [1.29, 1.82) is 0 Å². The first kappa shape index (κ1) is 17.5. The molecule has 2 aromatic carbocycles. The predicted molar refractivity (Wildman–Crippen MR) is 107 cm³/mol. The van der Waals surface area contributed by atoms with E-state index in [2.05, 4.69) is 9.97 Å². The van der Waals surface area contributed by atoms with Crippen molar-refractivity contribution in [3.05, 3.63) is 120 Å². The summed E-state index contributed by atoms with van der Waals surface area (Å²) >= 11 is 0. The van der Waals surface area contributed by atoms with Crippen LogP contribution in [-0.4, -0.2) is 21.5 Å². The summed E-state index contributed by atoms with van der Waals surface area (Å²) in [5.41, 5.74) is 2.79. The minimum absolute atomic E-state index is 0.165. The highest BCUT2D eigenvalue weighted by Gasteiger charge is 2.18. The molecule has 0 unspecified atom stereocenters. The van der Waals surface area contributed by atoms with E-state index in [0.717, 1.165) is 0 Å². The molecule has 0 atom stereocenters. The van der Waals surface area contributed by atoms with Crippen molar-refractivity contribution in [3.63, 3.8) is 0 Å². The van der Waals surface area contributed by atoms with Crippen molar-refractivity contribution < 1.29 is 9.59 Å². The van der Waals surface area contributed by atoms with Crippen LogP contribution in [-0.2, 0) is 0 Å². The molecule has 0 N–H and O–H groups in total. The Balaban J connectivity index is 1.84. The third-order valence-corrected chi connectivity index (χ3v) is 4.32. The minimum Gasteiger partial charge on any atom is -0.289 e. The van der Waals surface area contributed by atoms with Crippen LogP contribution in [0.5, 0.6) is 0 Å². The standard InChI is InChI=1S/C24H16N2O2/c27-23(17-9-3-1-4-10-17)19-15-21(20-13-7-8-14-25-20)26-22(16-19)24(28)18-11-5-2-6-12-18/h1-16H. The van der Waals surface area contributed by atoms with Crippen LogP contribution in [0.2, 0.25) is 0 Å². The molecule has 4 heteroatoms. The molecule has 4 rings (SSSR count). The predicted octanol–water partition coefficient (Wildman–Crippen LogP) is 4.61. The Hall–Kier alpha value is -3.92. The molecule has 0 aliphatic rings. The van der Waals surface area contributed by atoms with Crippen molar-refractivity contribution in [2.45, 2.75) is 0 Å². The van der Waals surface area contributed by atoms with Crippen LogP contribution in [0.4, 0.5) is 0 Å². The summed E-state index contributed by atoms with van der Waals surface area (Å²) in [6.45, 7) is 0. The fourth-order valence-corrected chi connectivity index (χ4v) is 2.92. The van der Waals surface area contributed by atoms with Crippen molar-refractivity contribution in [3.8, 4) is 11.4 Å². The highest BCUT2D eigenvalue weighted by atomic mass is 16.1. The van der Waals surface area contributed by atoms with Gasteiger partial charge in [-0.3, -0.25) is 14.6 Å². The molecule has 0 amide bonds. The molecule has 0 saturated heterocycles. The number of carbonyl (C=O) groups excluding carboxylic acids is 2. The van der Waals surface area contributed by atoms with Crippen LogP contribution in [0.3, 0.4) is 0 Å². The lowest BCUT2D eigenvalue weighted by atomic mass is 9.99. The Bertz CT molecular complexity index is 1060. The average Bonchev–Trinajstić information content (AvgIpc) is 2.79. The van der Waals surface area contributed by atoms with Gasteiger partial charge in [0.15, 0.2) is 5.78 Å². The van der Waals surface area contributed by atoms with Gasteiger partial charge in [0.05, 0.1) is 11.4 Å². The molecule has 4 aromatic rings. The maximum Gasteiger partial charge on any atom is 0.211 e. The van der Waals surface area contributed by atoms with E-state index < -0.39 is 0 Å². The molecule has 2 aromatic heterocycles. The molecule has 0 aliphatic carbocycles. The van der Waals surface area contributed by atoms with E-state index >= 15 is 0 Å². The SMILES string of the molecule is O=C(c1ccccc1)c1cc(C(=O)c2ccccc2)nc(-c2ccccn2)c1. The van der Waals surface area contributed by atoms with E-state index in [0.29, 0.717) is 28.1 Å². The van der Waals surface area contributed by atoms with Gasteiger partial charge in [0.2, 0.25) is 5.78 Å². The van der Waals surface area contributed by atoms with Crippen molar-refractivity contribution in [1.82, 2.24) is 9.97 Å². The zero-order valence-corrected chi connectivity index (χ0v) is 14.9. The van der Waals surface area contributed by atoms with Gasteiger partial charge in [0.1, 0.15) is 5.69 Å². The van der Waals surface area contributed by atoms with E-state index in [9.17, 15) is 9.59 Å². The summed E-state index contributed by atoms with van der Waals surface area (Å²) in [6, 6.07) is 26.6. The Kier molecular flexibility index (Phi) is 4.85. The second kappa shape index (κ2) is 7.76. The van der Waals surface area contributed by atoms with Gasteiger partial charge >= 0.3 is 0 Å². The fraction of sp³-hybridized carbons (Fsp3) is 0. The van der Waals surface area contributed by atoms with Gasteiger partial charge in [0.25, 0.3) is 0 Å². The van der Waals surface area contributed by atoms with E-state index in [1.807, 2.05) is 30.3 Å². The maximum absolute atomic E-state index is 13.0. The molecule has 0 radical (unpaired) electrons. The maximum atomic E-state index is 13.0. The summed E-state index contributed by atoms with van der Waals surface area (Å²) < 4.78 is 0. The summed E-state index contributed by atoms with van der Waals surface area (Å²) in [4.78, 5) is 34.7. The number of benzene rings is 2. The van der Waals surface area contributed by atoms with Crippen LogP contribution < -0.4 is 0 Å². The number of hydrogen-bond donors (Lipinski definition) is 0. The second-order valence-electron chi connectivity index (χ2n) is 6.23. The molecule has 134 valence electrons. The van der Waals surface area contributed by atoms with Crippen LogP contribution in [0, 0.1) is 0 Å². The van der Waals surface area contributed by atoms with Gasteiger partial charge in [-0.25, -0.2) is 4.98 Å². The van der Waals surface area contributed by atoms with Gasteiger partial charge < -0.3 is 0 Å². The first-order valence-corrected chi connectivity index (χ1v) is 8.85. The Morgan fingerprint density at radius 1 is 0.571 bits per heavy atom. The van der Waals surface area contributed by atoms with E-state index in [1.54, 1.807) is 66.9 Å². The largest absolute Gasteiger partial charge is 0.289 e. The van der Waals surface area contributed by atoms with Crippen molar-refractivity contribution in [2.75, 3.05) is 0 Å². The van der Waals surface area contributed by atoms with Crippen molar-refractivity contribution >= 4 is 11.6 Å². The average molecular weight is 364 g/mol. The number of nitrogens with zero attached hydrogens (tertiary/aromatic N) is 2. The Labute approximate surface area is 162 Å². The van der Waals surface area contributed by atoms with Crippen LogP contribution >= 0.6 is 0 Å². The lowest BCUT2D eigenvalue weighted by molar-refractivity contribution is 0.103. The van der Waals surface area contributed by atoms with Crippen molar-refractivity contribution in [2.24, 2.45) is 0 Å². The number of carbonyl (C=O) groups is 2. The van der Waals surface area contributed by atoms with Gasteiger partial charge in [-0.15, -0.1) is 0 Å². The van der Waals surface area contributed by atoms with Gasteiger partial charge in [-0.1, -0.05) is 66.7 Å². The first-order valence-electron chi connectivity index (χ1n) is 8.85. The molecule has 0 fully saturated rings. The quantitative estimate of drug-likeness (QED) is 0.485. The Morgan fingerprint density at radius 2 is 1.18 bits per heavy atom. The molecule has 4 nitrogen and oxygen atoms in total. The minimum atomic E-state index is -0.236. The number of pyridine rings is 2. The number of rotatable bonds is 5. The zero-order chi connectivity index (χ0) is 19.3. The summed E-state index contributed by atoms with van der Waals surface area (Å²) in [5, 5.41) is 0. The zero-order valence-electron chi connectivity index (χ0n) is 14.9. The topological polar surface area (TPSA) is 59.9 Å². The summed E-state index contributed by atoms with van der Waals surface area (Å²) in [6.07, 6.45) is 1.65. The molecule has 28 heavy (non-hydrogen) atoms. The molecule has 0 saturated carbocycles. The molecular formula is C24H16N2O2. The monoisotopic (exact) mass is 364 g/mol. The van der Waals surface area contributed by atoms with Gasteiger partial charge in [-0.05, 0) is 24.3 Å². The number of aromatic nitrogens is 2. The number of ketones is 2. The smallest absolute Gasteiger partial charge is 0.211 e. The Morgan fingerprint density at radius 3 is 1.79 bits per heavy atom. The summed E-state index contributed by atoms with van der Waals surface area (Å²) in [5.74, 6) is -0.400. The highest BCUT2D eigenvalue weighted by Crippen LogP contribution is 2.21. The summed E-state index contributed by atoms with van der Waals surface area (Å²) in [7, 11) is 0. The third kappa shape index (κ3) is 3.62. The van der Waals surface area contributed by atoms with Crippen LogP contribution in [0.1, 0.15) is 32.0 Å². The molecule has 2 heterocycles. The van der Waals surface area contributed by atoms with Crippen LogP contribution in [0.25, 0.3) is 11.4 Å². The molecular weight excluding hydrogens is 348 g/mol. The van der Waals surface area contributed by atoms with E-state index in [4.69, 9.17) is 0 Å². The fourth-order valence-electron chi connectivity index (χ4n) is 2.92. The second-order valence-corrected chi connectivity index (χ2v) is 6.23. The highest BCUT2D eigenvalue weighted by molar-refractivity contribution is 6.13. The molecule has 0 aliphatic heterocycles. The van der Waals surface area contributed by atoms with Gasteiger partial charge in [0, 0.05) is 22.9 Å². The number of hydrogen-bond acceptors (Lipinski definition) is 4. The first-order chi connectivity index (χ1) is 13.7. The lowest BCUT2D eigenvalue weighted by Gasteiger charge is -2.08. The van der Waals surface area contributed by atoms with Gasteiger partial charge in [-0.2, -0.15) is 0 Å². The molecule has 0 spiro atoms. The normalized spacial score (nSPS) is 10.4.